The third-order valence-corrected chi connectivity index (χ3v) is 4.94. The van der Waals surface area contributed by atoms with Gasteiger partial charge in [-0.3, -0.25) is 0 Å². The molecule has 0 bridgehead atoms. The zero-order valence-corrected chi connectivity index (χ0v) is 17.3. The van der Waals surface area contributed by atoms with Crippen LogP contribution in [-0.2, 0) is 29.2 Å². The van der Waals surface area contributed by atoms with Crippen molar-refractivity contribution in [2.75, 3.05) is 13.8 Å². The SMILES string of the molecule is COCc1cc(COc2ccccc2CC=O)cc(-c2cccc(C(N)CF)c2F)c1. The highest BCUT2D eigenvalue weighted by Gasteiger charge is 2.16. The number of methoxy groups -OCH3 is 1. The van der Waals surface area contributed by atoms with E-state index in [9.17, 15) is 9.18 Å². The molecule has 1 atom stereocenters. The van der Waals surface area contributed by atoms with Crippen LogP contribution >= 0.6 is 0 Å². The smallest absolute Gasteiger partial charge is 0.135 e. The molecule has 1 unspecified atom stereocenters. The van der Waals surface area contributed by atoms with Gasteiger partial charge in [0.2, 0.25) is 0 Å². The van der Waals surface area contributed by atoms with Crippen molar-refractivity contribution in [2.45, 2.75) is 25.7 Å². The van der Waals surface area contributed by atoms with Gasteiger partial charge in [0, 0.05) is 30.2 Å². The van der Waals surface area contributed by atoms with E-state index in [-0.39, 0.29) is 18.6 Å². The average molecular weight is 425 g/mol. The molecule has 0 saturated heterocycles. The molecule has 0 spiro atoms. The Balaban J connectivity index is 1.95. The minimum Gasteiger partial charge on any atom is -0.489 e. The van der Waals surface area contributed by atoms with Gasteiger partial charge in [0.1, 0.15) is 31.1 Å². The van der Waals surface area contributed by atoms with Gasteiger partial charge in [-0.25, -0.2) is 8.78 Å². The van der Waals surface area contributed by atoms with Crippen molar-refractivity contribution >= 4 is 6.29 Å². The fourth-order valence-corrected chi connectivity index (χ4v) is 3.46. The first-order chi connectivity index (χ1) is 15.1. The molecule has 0 heterocycles. The van der Waals surface area contributed by atoms with E-state index in [0.717, 1.165) is 23.0 Å². The highest BCUT2D eigenvalue weighted by Crippen LogP contribution is 2.30. The summed E-state index contributed by atoms with van der Waals surface area (Å²) >= 11 is 0. The molecular weight excluding hydrogens is 400 g/mol. The van der Waals surface area contributed by atoms with Gasteiger partial charge < -0.3 is 20.0 Å². The predicted octanol–water partition coefficient (Wildman–Crippen LogP) is 4.93. The summed E-state index contributed by atoms with van der Waals surface area (Å²) in [6.07, 6.45) is 1.09. The van der Waals surface area contributed by atoms with Gasteiger partial charge >= 0.3 is 0 Å². The van der Waals surface area contributed by atoms with Crippen LogP contribution in [0.3, 0.4) is 0 Å². The maximum atomic E-state index is 15.1. The summed E-state index contributed by atoms with van der Waals surface area (Å²) in [6, 6.07) is 16.7. The van der Waals surface area contributed by atoms with Gasteiger partial charge in [0.25, 0.3) is 0 Å². The lowest BCUT2D eigenvalue weighted by molar-refractivity contribution is -0.107. The first kappa shape index (κ1) is 22.6. The number of rotatable bonds is 10. The number of alkyl halides is 1. The third kappa shape index (κ3) is 5.54. The lowest BCUT2D eigenvalue weighted by Crippen LogP contribution is -2.14. The molecule has 4 nitrogen and oxygen atoms in total. The standard InChI is InChI=1S/C25H25F2NO3/c1-30-15-17-11-18(16-31-24-8-3-2-5-19(24)9-10-29)13-20(12-17)21-6-4-7-22(25(21)27)23(28)14-26/h2-8,10-13,23H,9,14-16,28H2,1H3. The van der Waals surface area contributed by atoms with Gasteiger partial charge in [0.05, 0.1) is 12.6 Å². The van der Waals surface area contributed by atoms with Crippen LogP contribution in [0.1, 0.15) is 28.3 Å². The Morgan fingerprint density at radius 3 is 2.48 bits per heavy atom. The number of para-hydroxylation sites is 1. The number of aldehydes is 1. The van der Waals surface area contributed by atoms with Crippen molar-refractivity contribution in [3.05, 3.63) is 88.7 Å². The van der Waals surface area contributed by atoms with Crippen LogP contribution in [0.5, 0.6) is 5.75 Å². The molecule has 0 aliphatic carbocycles. The van der Waals surface area contributed by atoms with Crippen molar-refractivity contribution < 1.29 is 23.0 Å². The van der Waals surface area contributed by atoms with Crippen LogP contribution in [-0.4, -0.2) is 20.1 Å². The lowest BCUT2D eigenvalue weighted by Gasteiger charge is -2.15. The first-order valence-electron chi connectivity index (χ1n) is 9.93. The van der Waals surface area contributed by atoms with Crippen LogP contribution in [0.4, 0.5) is 8.78 Å². The Morgan fingerprint density at radius 1 is 1.03 bits per heavy atom. The molecule has 0 aliphatic heterocycles. The Morgan fingerprint density at radius 2 is 1.77 bits per heavy atom. The molecule has 6 heteroatoms. The van der Waals surface area contributed by atoms with E-state index in [1.165, 1.54) is 6.07 Å². The number of carbonyl (C=O) groups is 1. The Hall–Kier alpha value is -3.09. The maximum Gasteiger partial charge on any atom is 0.135 e. The molecular formula is C25H25F2NO3. The maximum absolute atomic E-state index is 15.1. The molecule has 3 rings (SSSR count). The fourth-order valence-electron chi connectivity index (χ4n) is 3.46. The molecule has 0 saturated carbocycles. The van der Waals surface area contributed by atoms with E-state index in [4.69, 9.17) is 15.2 Å². The molecule has 3 aromatic carbocycles. The van der Waals surface area contributed by atoms with Gasteiger partial charge in [-0.15, -0.1) is 0 Å². The summed E-state index contributed by atoms with van der Waals surface area (Å²) in [5.41, 5.74) is 9.27. The molecule has 0 amide bonds. The van der Waals surface area contributed by atoms with Crippen LogP contribution in [0.2, 0.25) is 0 Å². The van der Waals surface area contributed by atoms with Crippen LogP contribution in [0.25, 0.3) is 11.1 Å². The summed E-state index contributed by atoms with van der Waals surface area (Å²) in [7, 11) is 1.58. The van der Waals surface area contributed by atoms with Gasteiger partial charge in [-0.2, -0.15) is 0 Å². The van der Waals surface area contributed by atoms with Gasteiger partial charge in [0.15, 0.2) is 0 Å². The van der Waals surface area contributed by atoms with E-state index in [1.54, 1.807) is 25.3 Å². The van der Waals surface area contributed by atoms with Crippen molar-refractivity contribution in [3.8, 4) is 16.9 Å². The Kier molecular flexibility index (Phi) is 7.87. The number of benzene rings is 3. The zero-order chi connectivity index (χ0) is 22.2. The summed E-state index contributed by atoms with van der Waals surface area (Å²) in [4.78, 5) is 10.9. The van der Waals surface area contributed by atoms with Gasteiger partial charge in [-0.1, -0.05) is 42.5 Å². The van der Waals surface area contributed by atoms with E-state index in [1.807, 2.05) is 36.4 Å². The quantitative estimate of drug-likeness (QED) is 0.468. The van der Waals surface area contributed by atoms with Crippen LogP contribution in [0.15, 0.2) is 60.7 Å². The van der Waals surface area contributed by atoms with Gasteiger partial charge in [-0.05, 0) is 34.9 Å². The highest BCUT2D eigenvalue weighted by molar-refractivity contribution is 5.67. The predicted molar refractivity (Wildman–Crippen MR) is 116 cm³/mol. The molecule has 162 valence electrons. The number of halogens is 2. The normalized spacial score (nSPS) is 11.9. The Bertz CT molecular complexity index is 1040. The van der Waals surface area contributed by atoms with Crippen molar-refractivity contribution in [3.63, 3.8) is 0 Å². The molecule has 0 aromatic heterocycles. The summed E-state index contributed by atoms with van der Waals surface area (Å²) in [5.74, 6) is 0.0841. The summed E-state index contributed by atoms with van der Waals surface area (Å²) < 4.78 is 39.3. The molecule has 0 aliphatic rings. The monoisotopic (exact) mass is 425 g/mol. The van der Waals surface area contributed by atoms with E-state index < -0.39 is 18.5 Å². The second kappa shape index (κ2) is 10.8. The first-order valence-corrected chi connectivity index (χ1v) is 9.93. The number of carbonyl (C=O) groups excluding carboxylic acids is 1. The minimum atomic E-state index is -1.01. The fraction of sp³-hybridized carbons (Fsp3) is 0.240. The third-order valence-electron chi connectivity index (χ3n) is 4.94. The Labute approximate surface area is 180 Å². The molecule has 31 heavy (non-hydrogen) atoms. The summed E-state index contributed by atoms with van der Waals surface area (Å²) in [6.45, 7) is -0.275. The number of hydrogen-bond acceptors (Lipinski definition) is 4. The molecule has 3 aromatic rings. The van der Waals surface area contributed by atoms with E-state index in [0.29, 0.717) is 23.5 Å². The lowest BCUT2D eigenvalue weighted by atomic mass is 9.96. The minimum absolute atomic E-state index is 0.137. The van der Waals surface area contributed by atoms with Crippen molar-refractivity contribution in [1.29, 1.82) is 0 Å². The molecule has 2 N–H and O–H groups in total. The second-order valence-corrected chi connectivity index (χ2v) is 7.21. The number of hydrogen-bond donors (Lipinski definition) is 1. The van der Waals surface area contributed by atoms with Crippen molar-refractivity contribution in [1.82, 2.24) is 0 Å². The average Bonchev–Trinajstić information content (AvgIpc) is 2.78. The second-order valence-electron chi connectivity index (χ2n) is 7.21. The summed E-state index contributed by atoms with van der Waals surface area (Å²) in [5, 5.41) is 0. The molecule has 0 radical (unpaired) electrons. The molecule has 0 fully saturated rings. The topological polar surface area (TPSA) is 61.5 Å². The van der Waals surface area contributed by atoms with Crippen LogP contribution < -0.4 is 10.5 Å². The van der Waals surface area contributed by atoms with Crippen LogP contribution in [0, 0.1) is 5.82 Å². The van der Waals surface area contributed by atoms with Crippen molar-refractivity contribution in [2.24, 2.45) is 5.73 Å². The zero-order valence-electron chi connectivity index (χ0n) is 17.3. The van der Waals surface area contributed by atoms with E-state index in [2.05, 4.69) is 0 Å². The number of ether oxygens (including phenoxy) is 2. The highest BCUT2D eigenvalue weighted by atomic mass is 19.1. The van der Waals surface area contributed by atoms with E-state index >= 15 is 4.39 Å². The number of nitrogens with two attached hydrogens (primary N) is 1. The largest absolute Gasteiger partial charge is 0.489 e.